The number of nitrogens with one attached hydrogen (secondary N) is 1. The molecule has 1 aliphatic heterocycles. The molecule has 0 spiro atoms. The van der Waals surface area contributed by atoms with Crippen LogP contribution in [0.4, 0.5) is 10.5 Å². The minimum Gasteiger partial charge on any atom is -0.453 e. The van der Waals surface area contributed by atoms with E-state index in [1.54, 1.807) is 0 Å². The number of carbonyl (C=O) groups excluding carboxylic acids is 1. The molecule has 1 aliphatic rings. The molecule has 110 valence electrons. The van der Waals surface area contributed by atoms with E-state index >= 15 is 0 Å². The summed E-state index contributed by atoms with van der Waals surface area (Å²) in [6.07, 6.45) is 0.611. The molecular formula is C15H23N3O2. The Morgan fingerprint density at radius 3 is 2.55 bits per heavy atom. The minimum absolute atomic E-state index is 0.348. The number of rotatable bonds is 5. The Labute approximate surface area is 120 Å². The van der Waals surface area contributed by atoms with Gasteiger partial charge in [-0.25, -0.2) is 4.79 Å². The summed E-state index contributed by atoms with van der Waals surface area (Å²) in [5.74, 6) is 0. The molecule has 1 fully saturated rings. The van der Waals surface area contributed by atoms with Crippen molar-refractivity contribution in [2.24, 2.45) is 0 Å². The smallest absolute Gasteiger partial charge is 0.406 e. The van der Waals surface area contributed by atoms with Crippen LogP contribution in [0.5, 0.6) is 0 Å². The van der Waals surface area contributed by atoms with Gasteiger partial charge in [0.05, 0.1) is 7.11 Å². The number of benzene rings is 1. The largest absolute Gasteiger partial charge is 0.453 e. The van der Waals surface area contributed by atoms with Gasteiger partial charge in [0, 0.05) is 38.4 Å². The summed E-state index contributed by atoms with van der Waals surface area (Å²) in [4.78, 5) is 15.8. The summed E-state index contributed by atoms with van der Waals surface area (Å²) in [7, 11) is 1.39. The number of methoxy groups -OCH3 is 1. The zero-order valence-corrected chi connectivity index (χ0v) is 12.0. The van der Waals surface area contributed by atoms with Gasteiger partial charge in [-0.05, 0) is 25.1 Å². The van der Waals surface area contributed by atoms with Crippen molar-refractivity contribution in [3.8, 4) is 0 Å². The van der Waals surface area contributed by atoms with E-state index in [9.17, 15) is 4.79 Å². The van der Waals surface area contributed by atoms with Gasteiger partial charge in [-0.15, -0.1) is 0 Å². The van der Waals surface area contributed by atoms with Crippen molar-refractivity contribution >= 4 is 11.8 Å². The zero-order valence-electron chi connectivity index (χ0n) is 12.0. The third-order valence-electron chi connectivity index (χ3n) is 3.60. The lowest BCUT2D eigenvalue weighted by Crippen LogP contribution is -2.47. The number of nitrogens with zero attached hydrogens (tertiary/aromatic N) is 2. The van der Waals surface area contributed by atoms with Crippen LogP contribution in [0.25, 0.3) is 0 Å². The summed E-state index contributed by atoms with van der Waals surface area (Å²) in [5.41, 5.74) is 1.31. The van der Waals surface area contributed by atoms with Crippen LogP contribution in [0.15, 0.2) is 30.3 Å². The first-order valence-corrected chi connectivity index (χ1v) is 7.14. The molecule has 5 nitrogen and oxygen atoms in total. The van der Waals surface area contributed by atoms with E-state index in [0.717, 1.165) is 39.1 Å². The first-order valence-electron chi connectivity index (χ1n) is 7.14. The second-order valence-corrected chi connectivity index (χ2v) is 4.94. The van der Waals surface area contributed by atoms with Crippen LogP contribution in [0, 0.1) is 0 Å². The van der Waals surface area contributed by atoms with Crippen LogP contribution < -0.4 is 10.2 Å². The van der Waals surface area contributed by atoms with Gasteiger partial charge >= 0.3 is 6.09 Å². The highest BCUT2D eigenvalue weighted by molar-refractivity contribution is 5.66. The summed E-state index contributed by atoms with van der Waals surface area (Å²) in [5, 5.41) is 2.71. The molecule has 0 unspecified atom stereocenters. The number of piperazine rings is 1. The lowest BCUT2D eigenvalue weighted by Gasteiger charge is -2.36. The zero-order chi connectivity index (χ0) is 14.2. The predicted octanol–water partition coefficient (Wildman–Crippen LogP) is 1.55. The molecule has 1 saturated heterocycles. The summed E-state index contributed by atoms with van der Waals surface area (Å²) in [6.45, 7) is 5.97. The van der Waals surface area contributed by atoms with Crippen LogP contribution in [-0.2, 0) is 4.74 Å². The topological polar surface area (TPSA) is 44.8 Å². The Kier molecular flexibility index (Phi) is 5.68. The second-order valence-electron chi connectivity index (χ2n) is 4.94. The maximum Gasteiger partial charge on any atom is 0.406 e. The molecule has 5 heteroatoms. The fourth-order valence-electron chi connectivity index (χ4n) is 2.43. The van der Waals surface area contributed by atoms with Crippen molar-refractivity contribution in [2.45, 2.75) is 6.42 Å². The summed E-state index contributed by atoms with van der Waals surface area (Å²) < 4.78 is 4.53. The van der Waals surface area contributed by atoms with Crippen molar-refractivity contribution in [1.82, 2.24) is 10.2 Å². The Bertz CT molecular complexity index is 403. The van der Waals surface area contributed by atoms with E-state index in [1.807, 2.05) is 6.07 Å². The molecule has 0 aliphatic carbocycles. The van der Waals surface area contributed by atoms with E-state index < -0.39 is 0 Å². The van der Waals surface area contributed by atoms with Crippen molar-refractivity contribution < 1.29 is 9.53 Å². The molecule has 1 N–H and O–H groups in total. The highest BCUT2D eigenvalue weighted by Gasteiger charge is 2.16. The summed E-state index contributed by atoms with van der Waals surface area (Å²) in [6, 6.07) is 10.5. The van der Waals surface area contributed by atoms with Crippen LogP contribution in [0.2, 0.25) is 0 Å². The standard InChI is InChI=1S/C15H23N3O2/c1-20-15(19)16-8-5-9-17-10-12-18(13-11-17)14-6-3-2-4-7-14/h2-4,6-7H,5,8-13H2,1H3,(H,16,19). The van der Waals surface area contributed by atoms with Crippen LogP contribution >= 0.6 is 0 Å². The van der Waals surface area contributed by atoms with Crippen molar-refractivity contribution in [1.29, 1.82) is 0 Å². The van der Waals surface area contributed by atoms with Crippen LogP contribution in [0.3, 0.4) is 0 Å². The average Bonchev–Trinajstić information content (AvgIpc) is 2.52. The maximum absolute atomic E-state index is 10.9. The third kappa shape index (κ3) is 4.42. The summed E-state index contributed by atoms with van der Waals surface area (Å²) >= 11 is 0. The fourth-order valence-corrected chi connectivity index (χ4v) is 2.43. The van der Waals surface area contributed by atoms with E-state index in [4.69, 9.17) is 0 Å². The lowest BCUT2D eigenvalue weighted by molar-refractivity contribution is 0.170. The van der Waals surface area contributed by atoms with Gasteiger partial charge in [0.2, 0.25) is 0 Å². The Balaban J connectivity index is 1.63. The van der Waals surface area contributed by atoms with Crippen molar-refractivity contribution in [3.63, 3.8) is 0 Å². The molecule has 1 amide bonds. The molecule has 20 heavy (non-hydrogen) atoms. The average molecular weight is 277 g/mol. The number of ether oxygens (including phenoxy) is 1. The molecular weight excluding hydrogens is 254 g/mol. The Hall–Kier alpha value is -1.75. The first kappa shape index (κ1) is 14.7. The van der Waals surface area contributed by atoms with E-state index in [-0.39, 0.29) is 6.09 Å². The third-order valence-corrected chi connectivity index (χ3v) is 3.60. The number of hydrogen-bond donors (Lipinski definition) is 1. The molecule has 0 bridgehead atoms. The normalized spacial score (nSPS) is 15.9. The highest BCUT2D eigenvalue weighted by Crippen LogP contribution is 2.15. The van der Waals surface area contributed by atoms with Gasteiger partial charge in [0.25, 0.3) is 0 Å². The number of anilines is 1. The van der Waals surface area contributed by atoms with Crippen LogP contribution in [0.1, 0.15) is 6.42 Å². The van der Waals surface area contributed by atoms with Gasteiger partial charge in [-0.1, -0.05) is 18.2 Å². The fraction of sp³-hybridized carbons (Fsp3) is 0.533. The molecule has 0 atom stereocenters. The molecule has 0 radical (unpaired) electrons. The number of carbonyl (C=O) groups is 1. The van der Waals surface area contributed by atoms with Crippen molar-refractivity contribution in [2.75, 3.05) is 51.3 Å². The van der Waals surface area contributed by atoms with E-state index in [0.29, 0.717) is 6.54 Å². The van der Waals surface area contributed by atoms with Gasteiger partial charge in [0.15, 0.2) is 0 Å². The van der Waals surface area contributed by atoms with Gasteiger partial charge in [0.1, 0.15) is 0 Å². The molecule has 1 aromatic carbocycles. The quantitative estimate of drug-likeness (QED) is 0.830. The molecule has 1 aromatic rings. The van der Waals surface area contributed by atoms with Crippen LogP contribution in [-0.4, -0.2) is 57.4 Å². The molecule has 0 aromatic heterocycles. The Morgan fingerprint density at radius 1 is 1.20 bits per heavy atom. The highest BCUT2D eigenvalue weighted by atomic mass is 16.5. The second kappa shape index (κ2) is 7.75. The van der Waals surface area contributed by atoms with Gasteiger partial charge in [-0.2, -0.15) is 0 Å². The van der Waals surface area contributed by atoms with E-state index in [2.05, 4.69) is 44.1 Å². The number of amides is 1. The Morgan fingerprint density at radius 2 is 1.90 bits per heavy atom. The monoisotopic (exact) mass is 277 g/mol. The first-order chi connectivity index (χ1) is 9.79. The SMILES string of the molecule is COC(=O)NCCCN1CCN(c2ccccc2)CC1. The van der Waals surface area contributed by atoms with Gasteiger partial charge < -0.3 is 15.0 Å². The van der Waals surface area contributed by atoms with Gasteiger partial charge in [-0.3, -0.25) is 4.90 Å². The predicted molar refractivity (Wildman–Crippen MR) is 80.1 cm³/mol. The lowest BCUT2D eigenvalue weighted by atomic mass is 10.2. The van der Waals surface area contributed by atoms with Crippen molar-refractivity contribution in [3.05, 3.63) is 30.3 Å². The maximum atomic E-state index is 10.9. The molecule has 1 heterocycles. The van der Waals surface area contributed by atoms with E-state index in [1.165, 1.54) is 12.8 Å². The molecule has 2 rings (SSSR count). The molecule has 0 saturated carbocycles. The number of alkyl carbamates (subject to hydrolysis) is 1. The number of para-hydroxylation sites is 1. The minimum atomic E-state index is -0.348. The number of hydrogen-bond acceptors (Lipinski definition) is 4.